The van der Waals surface area contributed by atoms with Crippen molar-refractivity contribution in [2.75, 3.05) is 31.7 Å². The van der Waals surface area contributed by atoms with Crippen LogP contribution >= 0.6 is 0 Å². The Hall–Kier alpha value is -2.07. The van der Waals surface area contributed by atoms with Crippen molar-refractivity contribution in [3.63, 3.8) is 0 Å². The summed E-state index contributed by atoms with van der Waals surface area (Å²) in [7, 11) is 2.03. The molecular formula is C16H19NO3. The van der Waals surface area contributed by atoms with Crippen LogP contribution in [0.5, 0.6) is 0 Å². The fraction of sp³-hybridized carbons (Fsp3) is 0.312. The molecular weight excluding hydrogens is 254 g/mol. The highest BCUT2D eigenvalue weighted by molar-refractivity contribution is 5.73. The van der Waals surface area contributed by atoms with Crippen LogP contribution < -0.4 is 4.90 Å². The number of anilines is 1. The van der Waals surface area contributed by atoms with E-state index in [1.54, 1.807) is 12.1 Å². The SMILES string of the molecule is CCOCCN(C)c1ccc(-c2ccc(C=O)o2)cc1. The maximum atomic E-state index is 10.6. The first-order valence-electron chi connectivity index (χ1n) is 6.69. The molecule has 0 unspecified atom stereocenters. The second-order valence-electron chi connectivity index (χ2n) is 4.49. The van der Waals surface area contributed by atoms with Crippen molar-refractivity contribution in [3.8, 4) is 11.3 Å². The average Bonchev–Trinajstić information content (AvgIpc) is 2.96. The van der Waals surface area contributed by atoms with E-state index in [2.05, 4.69) is 4.90 Å². The zero-order valence-electron chi connectivity index (χ0n) is 11.8. The van der Waals surface area contributed by atoms with E-state index in [-0.39, 0.29) is 0 Å². The van der Waals surface area contributed by atoms with Crippen molar-refractivity contribution < 1.29 is 13.9 Å². The molecule has 0 aliphatic rings. The number of hydrogen-bond donors (Lipinski definition) is 0. The predicted molar refractivity (Wildman–Crippen MR) is 79.3 cm³/mol. The molecule has 0 spiro atoms. The Morgan fingerprint density at radius 2 is 1.95 bits per heavy atom. The van der Waals surface area contributed by atoms with E-state index < -0.39 is 0 Å². The van der Waals surface area contributed by atoms with Gasteiger partial charge in [-0.15, -0.1) is 0 Å². The summed E-state index contributed by atoms with van der Waals surface area (Å²) in [5, 5.41) is 0. The molecule has 4 nitrogen and oxygen atoms in total. The van der Waals surface area contributed by atoms with Gasteiger partial charge in [0.25, 0.3) is 0 Å². The molecule has 2 rings (SSSR count). The van der Waals surface area contributed by atoms with Crippen LogP contribution in [0.3, 0.4) is 0 Å². The molecule has 0 amide bonds. The lowest BCUT2D eigenvalue weighted by Crippen LogP contribution is -2.22. The van der Waals surface area contributed by atoms with Gasteiger partial charge in [0.05, 0.1) is 6.61 Å². The maximum absolute atomic E-state index is 10.6. The smallest absolute Gasteiger partial charge is 0.185 e. The van der Waals surface area contributed by atoms with Gasteiger partial charge in [0, 0.05) is 31.5 Å². The highest BCUT2D eigenvalue weighted by Gasteiger charge is 2.05. The zero-order valence-corrected chi connectivity index (χ0v) is 11.8. The first-order chi connectivity index (χ1) is 9.74. The minimum absolute atomic E-state index is 0.345. The van der Waals surface area contributed by atoms with E-state index in [0.29, 0.717) is 17.8 Å². The van der Waals surface area contributed by atoms with Crippen molar-refractivity contribution >= 4 is 12.0 Å². The zero-order chi connectivity index (χ0) is 14.4. The lowest BCUT2D eigenvalue weighted by Gasteiger charge is -2.19. The van der Waals surface area contributed by atoms with Gasteiger partial charge < -0.3 is 14.1 Å². The van der Waals surface area contributed by atoms with Gasteiger partial charge in [-0.25, -0.2) is 0 Å². The Bertz CT molecular complexity index is 545. The number of carbonyl (C=O) groups is 1. The summed E-state index contributed by atoms with van der Waals surface area (Å²) in [4.78, 5) is 12.7. The highest BCUT2D eigenvalue weighted by Crippen LogP contribution is 2.24. The van der Waals surface area contributed by atoms with Gasteiger partial charge in [0.15, 0.2) is 12.0 Å². The second-order valence-corrected chi connectivity index (χ2v) is 4.49. The van der Waals surface area contributed by atoms with Gasteiger partial charge in [0.2, 0.25) is 0 Å². The summed E-state index contributed by atoms with van der Waals surface area (Å²) in [5.74, 6) is 1.05. The number of nitrogens with zero attached hydrogens (tertiary/aromatic N) is 1. The molecule has 0 atom stereocenters. The van der Waals surface area contributed by atoms with Gasteiger partial charge in [0.1, 0.15) is 5.76 Å². The normalized spacial score (nSPS) is 10.5. The second kappa shape index (κ2) is 6.91. The van der Waals surface area contributed by atoms with Gasteiger partial charge in [-0.3, -0.25) is 4.79 Å². The van der Waals surface area contributed by atoms with Crippen LogP contribution in [0.25, 0.3) is 11.3 Å². The Morgan fingerprint density at radius 1 is 1.20 bits per heavy atom. The van der Waals surface area contributed by atoms with Crippen LogP contribution in [0.1, 0.15) is 17.5 Å². The quantitative estimate of drug-likeness (QED) is 0.574. The number of likely N-dealkylation sites (N-methyl/N-ethyl adjacent to an activating group) is 1. The average molecular weight is 273 g/mol. The molecule has 4 heteroatoms. The fourth-order valence-corrected chi connectivity index (χ4v) is 1.93. The van der Waals surface area contributed by atoms with Crippen molar-refractivity contribution in [1.29, 1.82) is 0 Å². The van der Waals surface area contributed by atoms with Crippen molar-refractivity contribution in [2.24, 2.45) is 0 Å². The van der Waals surface area contributed by atoms with Gasteiger partial charge >= 0.3 is 0 Å². The first-order valence-corrected chi connectivity index (χ1v) is 6.69. The molecule has 0 saturated carbocycles. The maximum Gasteiger partial charge on any atom is 0.185 e. The summed E-state index contributed by atoms with van der Waals surface area (Å²) in [6.07, 6.45) is 0.708. The molecule has 1 heterocycles. The molecule has 0 saturated heterocycles. The van der Waals surface area contributed by atoms with Crippen LogP contribution in [0, 0.1) is 0 Å². The number of rotatable bonds is 7. The third kappa shape index (κ3) is 3.48. The third-order valence-electron chi connectivity index (χ3n) is 3.11. The van der Waals surface area contributed by atoms with E-state index in [1.807, 2.05) is 38.2 Å². The largest absolute Gasteiger partial charge is 0.453 e. The molecule has 0 radical (unpaired) electrons. The van der Waals surface area contributed by atoms with Crippen molar-refractivity contribution in [2.45, 2.75) is 6.92 Å². The van der Waals surface area contributed by atoms with Crippen LogP contribution in [0.2, 0.25) is 0 Å². The summed E-state index contributed by atoms with van der Waals surface area (Å²) in [6.45, 7) is 4.30. The van der Waals surface area contributed by atoms with Crippen LogP contribution in [-0.4, -0.2) is 33.1 Å². The molecule has 1 aromatic heterocycles. The predicted octanol–water partition coefficient (Wildman–Crippen LogP) is 3.23. The fourth-order valence-electron chi connectivity index (χ4n) is 1.93. The van der Waals surface area contributed by atoms with Gasteiger partial charge in [-0.05, 0) is 43.3 Å². The standard InChI is InChI=1S/C16H19NO3/c1-3-19-11-10-17(2)14-6-4-13(5-7-14)16-9-8-15(12-18)20-16/h4-9,12H,3,10-11H2,1-2H3. The summed E-state index contributed by atoms with van der Waals surface area (Å²) in [5.41, 5.74) is 2.08. The number of carbonyl (C=O) groups excluding carboxylic acids is 1. The number of aldehydes is 1. The van der Waals surface area contributed by atoms with E-state index in [0.717, 1.165) is 31.0 Å². The minimum atomic E-state index is 0.345. The third-order valence-corrected chi connectivity index (χ3v) is 3.11. The molecule has 20 heavy (non-hydrogen) atoms. The Balaban J connectivity index is 2.03. The molecule has 2 aromatic rings. The molecule has 0 N–H and O–H groups in total. The summed E-state index contributed by atoms with van der Waals surface area (Å²) >= 11 is 0. The Labute approximate surface area is 119 Å². The molecule has 106 valence electrons. The van der Waals surface area contributed by atoms with Crippen LogP contribution in [-0.2, 0) is 4.74 Å². The summed E-state index contributed by atoms with van der Waals surface area (Å²) < 4.78 is 10.7. The van der Waals surface area contributed by atoms with Gasteiger partial charge in [-0.1, -0.05) is 0 Å². The summed E-state index contributed by atoms with van der Waals surface area (Å²) in [6, 6.07) is 11.5. The van der Waals surface area contributed by atoms with E-state index >= 15 is 0 Å². The molecule has 0 bridgehead atoms. The topological polar surface area (TPSA) is 42.7 Å². The highest BCUT2D eigenvalue weighted by atomic mass is 16.5. The molecule has 0 aliphatic heterocycles. The number of furan rings is 1. The minimum Gasteiger partial charge on any atom is -0.453 e. The number of benzene rings is 1. The Morgan fingerprint density at radius 3 is 2.55 bits per heavy atom. The lowest BCUT2D eigenvalue weighted by atomic mass is 10.1. The first kappa shape index (κ1) is 14.3. The van der Waals surface area contributed by atoms with Crippen molar-refractivity contribution in [3.05, 3.63) is 42.2 Å². The molecule has 1 aromatic carbocycles. The lowest BCUT2D eigenvalue weighted by molar-refractivity contribution is 0.110. The van der Waals surface area contributed by atoms with E-state index in [9.17, 15) is 4.79 Å². The van der Waals surface area contributed by atoms with Crippen LogP contribution in [0.4, 0.5) is 5.69 Å². The molecule has 0 fully saturated rings. The number of hydrogen-bond acceptors (Lipinski definition) is 4. The molecule has 0 aliphatic carbocycles. The Kier molecular flexibility index (Phi) is 4.96. The van der Waals surface area contributed by atoms with Crippen molar-refractivity contribution in [1.82, 2.24) is 0 Å². The monoisotopic (exact) mass is 273 g/mol. The number of ether oxygens (including phenoxy) is 1. The van der Waals surface area contributed by atoms with Gasteiger partial charge in [-0.2, -0.15) is 0 Å². The van der Waals surface area contributed by atoms with Crippen LogP contribution in [0.15, 0.2) is 40.8 Å². The van der Waals surface area contributed by atoms with E-state index in [4.69, 9.17) is 9.15 Å². The van der Waals surface area contributed by atoms with E-state index in [1.165, 1.54) is 0 Å².